The van der Waals surface area contributed by atoms with Gasteiger partial charge in [-0.2, -0.15) is 0 Å². The number of aryl methyl sites for hydroxylation is 1. The molecule has 0 spiro atoms. The van der Waals surface area contributed by atoms with Crippen LogP contribution < -0.4 is 2.52 Å². The van der Waals surface area contributed by atoms with Gasteiger partial charge < -0.3 is 5.11 Å². The van der Waals surface area contributed by atoms with Crippen LogP contribution in [0.1, 0.15) is 18.4 Å². The second-order valence-electron chi connectivity index (χ2n) is 5.19. The number of sulfonamides is 1. The smallest absolute Gasteiger partial charge is 0.303 e. The average Bonchev–Trinajstić information content (AvgIpc) is 2.61. The van der Waals surface area contributed by atoms with Crippen molar-refractivity contribution in [1.82, 2.24) is 0 Å². The van der Waals surface area contributed by atoms with Gasteiger partial charge in [-0.15, -0.1) is 4.91 Å². The van der Waals surface area contributed by atoms with Gasteiger partial charge in [-0.05, 0) is 47.8 Å². The summed E-state index contributed by atoms with van der Waals surface area (Å²) in [7, 11) is -3.93. The van der Waals surface area contributed by atoms with E-state index in [0.29, 0.717) is 18.5 Å². The maximum Gasteiger partial charge on any atom is 0.303 e. The molecule has 0 aliphatic rings. The molecule has 0 unspecified atom stereocenters. The molecular weight excluding hydrogens is 459 g/mol. The maximum atomic E-state index is 12.7. The van der Waals surface area contributed by atoms with Gasteiger partial charge in [0.05, 0.1) is 28.6 Å². The Labute approximate surface area is 159 Å². The number of hydrogen-bond acceptors (Lipinski definition) is 5. The molecule has 0 aromatic heterocycles. The molecule has 0 saturated carbocycles. The first-order valence-corrected chi connectivity index (χ1v) is 9.71. The number of aliphatic carboxylic acids is 1. The summed E-state index contributed by atoms with van der Waals surface area (Å²) in [6.07, 6.45) is 1.20. The zero-order valence-electron chi connectivity index (χ0n) is 13.0. The topological polar surface area (TPSA) is 104 Å². The molecular formula is C16H15IN2O5S. The fraction of sp³-hybridized carbons (Fsp3) is 0.188. The molecule has 0 radical (unpaired) electrons. The minimum atomic E-state index is -3.93. The van der Waals surface area contributed by atoms with Crippen molar-refractivity contribution in [3.63, 3.8) is 0 Å². The predicted molar refractivity (Wildman–Crippen MR) is 103 cm³/mol. The number of nitroso groups, excluding NO2 is 1. The highest BCUT2D eigenvalue weighted by atomic mass is 127. The third-order valence-electron chi connectivity index (χ3n) is 3.45. The van der Waals surface area contributed by atoms with Crippen LogP contribution in [0.15, 0.2) is 58.6 Å². The maximum absolute atomic E-state index is 12.7. The Bertz CT molecular complexity index is 868. The van der Waals surface area contributed by atoms with E-state index in [2.05, 4.69) is 5.18 Å². The van der Waals surface area contributed by atoms with Gasteiger partial charge in [-0.1, -0.05) is 24.3 Å². The van der Waals surface area contributed by atoms with Gasteiger partial charge in [-0.25, -0.2) is 10.9 Å². The molecule has 2 rings (SSSR count). The van der Waals surface area contributed by atoms with Crippen molar-refractivity contribution in [2.75, 3.05) is 2.52 Å². The summed E-state index contributed by atoms with van der Waals surface area (Å²) >= 11 is 1.66. The van der Waals surface area contributed by atoms with Crippen LogP contribution in [0.3, 0.4) is 0 Å². The summed E-state index contributed by atoms with van der Waals surface area (Å²) in [6, 6.07) is 12.5. The molecule has 0 saturated heterocycles. The first-order chi connectivity index (χ1) is 11.9. The van der Waals surface area contributed by atoms with E-state index in [-0.39, 0.29) is 17.0 Å². The molecule has 0 aliphatic carbocycles. The van der Waals surface area contributed by atoms with Crippen LogP contribution in [0.5, 0.6) is 0 Å². The number of carbonyl (C=O) groups is 1. The summed E-state index contributed by atoms with van der Waals surface area (Å²) in [5.74, 6) is -0.844. The van der Waals surface area contributed by atoms with Crippen molar-refractivity contribution >= 4 is 50.2 Å². The van der Waals surface area contributed by atoms with Gasteiger partial charge in [0.25, 0.3) is 10.0 Å². The third-order valence-corrected chi connectivity index (χ3v) is 7.09. The van der Waals surface area contributed by atoms with Gasteiger partial charge in [0.2, 0.25) is 0 Å². The van der Waals surface area contributed by atoms with E-state index in [1.165, 1.54) is 18.2 Å². The molecule has 9 heteroatoms. The third kappa shape index (κ3) is 4.75. The highest BCUT2D eigenvalue weighted by Gasteiger charge is 2.26. The summed E-state index contributed by atoms with van der Waals surface area (Å²) in [5, 5.41) is 11.4. The summed E-state index contributed by atoms with van der Waals surface area (Å²) in [4.78, 5) is 21.2. The highest BCUT2D eigenvalue weighted by molar-refractivity contribution is 14.1. The molecule has 0 bridgehead atoms. The van der Waals surface area contributed by atoms with E-state index in [0.717, 1.165) is 8.08 Å². The molecule has 132 valence electrons. The van der Waals surface area contributed by atoms with Crippen molar-refractivity contribution < 1.29 is 18.3 Å². The first-order valence-electron chi connectivity index (χ1n) is 7.30. The number of rotatable bonds is 8. The molecule has 2 aromatic rings. The van der Waals surface area contributed by atoms with Crippen molar-refractivity contribution in [1.29, 1.82) is 0 Å². The van der Waals surface area contributed by atoms with Crippen molar-refractivity contribution in [3.05, 3.63) is 59.0 Å². The molecule has 0 fully saturated rings. The van der Waals surface area contributed by atoms with Gasteiger partial charge in [0.15, 0.2) is 0 Å². The molecule has 0 aliphatic heterocycles. The Kier molecular flexibility index (Phi) is 6.48. The van der Waals surface area contributed by atoms with Crippen LogP contribution in [0, 0.1) is 4.91 Å². The lowest BCUT2D eigenvalue weighted by Crippen LogP contribution is -2.20. The second-order valence-corrected chi connectivity index (χ2v) is 8.57. The first kappa shape index (κ1) is 19.3. The van der Waals surface area contributed by atoms with E-state index in [4.69, 9.17) is 5.11 Å². The largest absolute Gasteiger partial charge is 0.481 e. The van der Waals surface area contributed by atoms with E-state index in [1.54, 1.807) is 53.2 Å². The lowest BCUT2D eigenvalue weighted by atomic mass is 10.1. The Balaban J connectivity index is 2.20. The molecule has 0 amide bonds. The van der Waals surface area contributed by atoms with E-state index in [1.807, 2.05) is 0 Å². The van der Waals surface area contributed by atoms with Gasteiger partial charge in [0, 0.05) is 6.42 Å². The number of benzene rings is 2. The number of anilines is 1. The van der Waals surface area contributed by atoms with E-state index < -0.39 is 16.0 Å². The Morgan fingerprint density at radius 1 is 1.12 bits per heavy atom. The van der Waals surface area contributed by atoms with Crippen LogP contribution in [-0.4, -0.2) is 19.5 Å². The summed E-state index contributed by atoms with van der Waals surface area (Å²) < 4.78 is 26.4. The number of nitrogens with zero attached hydrogens (tertiary/aromatic N) is 2. The summed E-state index contributed by atoms with van der Waals surface area (Å²) in [5.41, 5.74) is 1.19. The van der Waals surface area contributed by atoms with Crippen LogP contribution in [0.2, 0.25) is 0 Å². The Morgan fingerprint density at radius 2 is 1.76 bits per heavy atom. The van der Waals surface area contributed by atoms with Crippen LogP contribution in [0.25, 0.3) is 0 Å². The zero-order chi connectivity index (χ0) is 18.4. The van der Waals surface area contributed by atoms with E-state index >= 15 is 0 Å². The van der Waals surface area contributed by atoms with Crippen LogP contribution in [0.4, 0.5) is 11.4 Å². The van der Waals surface area contributed by atoms with Crippen molar-refractivity contribution in [2.24, 2.45) is 5.18 Å². The molecule has 25 heavy (non-hydrogen) atoms. The van der Waals surface area contributed by atoms with Crippen molar-refractivity contribution in [3.8, 4) is 0 Å². The van der Waals surface area contributed by atoms with Gasteiger partial charge >= 0.3 is 5.97 Å². The quantitative estimate of drug-likeness (QED) is 0.354. The normalized spacial score (nSPS) is 11.1. The molecule has 1 N–H and O–H groups in total. The fourth-order valence-corrected chi connectivity index (χ4v) is 4.35. The highest BCUT2D eigenvalue weighted by Crippen LogP contribution is 2.32. The van der Waals surface area contributed by atoms with E-state index in [9.17, 15) is 18.1 Å². The fourth-order valence-electron chi connectivity index (χ4n) is 2.20. The van der Waals surface area contributed by atoms with Gasteiger partial charge in [0.1, 0.15) is 10.6 Å². The minimum Gasteiger partial charge on any atom is -0.481 e. The number of carboxylic acid groups (broad SMARTS) is 1. The van der Waals surface area contributed by atoms with Gasteiger partial charge in [-0.3, -0.25) is 4.79 Å². The SMILES string of the molecule is O=Nc1ccccc1S(=O)(=O)N(I)c1ccc(CCCC(=O)O)cc1. The lowest BCUT2D eigenvalue weighted by Gasteiger charge is -2.18. The average molecular weight is 474 g/mol. The Hall–Kier alpha value is -2.01. The number of carboxylic acids is 1. The molecule has 0 heterocycles. The van der Waals surface area contributed by atoms with Crippen molar-refractivity contribution in [2.45, 2.75) is 24.2 Å². The molecule has 2 aromatic carbocycles. The minimum absolute atomic E-state index is 0.0873. The predicted octanol–water partition coefficient (Wildman–Crippen LogP) is 4.04. The standard InChI is InChI=1S/C16H15IN2O5S/c17-19(25(23,24)15-6-2-1-5-14(15)18-22)13-10-8-12(9-11-13)4-3-7-16(20)21/h1-2,5-6,8-11H,3-4,7H2,(H,20,21). The summed E-state index contributed by atoms with van der Waals surface area (Å²) in [6.45, 7) is 0. The monoisotopic (exact) mass is 474 g/mol. The van der Waals surface area contributed by atoms with Crippen LogP contribution >= 0.6 is 22.9 Å². The van der Waals surface area contributed by atoms with Crippen LogP contribution in [-0.2, 0) is 21.2 Å². The molecule has 7 nitrogen and oxygen atoms in total. The number of hydrogen-bond donors (Lipinski definition) is 1. The molecule has 0 atom stereocenters. The Morgan fingerprint density at radius 3 is 2.36 bits per heavy atom. The second kappa shape index (κ2) is 8.39. The lowest BCUT2D eigenvalue weighted by molar-refractivity contribution is -0.137. The number of halogens is 1. The zero-order valence-corrected chi connectivity index (χ0v) is 16.0.